The van der Waals surface area contributed by atoms with Crippen LogP contribution in [0.5, 0.6) is 0 Å². The van der Waals surface area contributed by atoms with Crippen molar-refractivity contribution in [3.05, 3.63) is 72.4 Å². The average molecular weight is 347 g/mol. The van der Waals surface area contributed by atoms with Crippen LogP contribution in [0, 0.1) is 0 Å². The first kappa shape index (κ1) is 16.7. The van der Waals surface area contributed by atoms with Crippen molar-refractivity contribution in [2.75, 3.05) is 37.9 Å². The lowest BCUT2D eigenvalue weighted by Crippen LogP contribution is -2.46. The van der Waals surface area contributed by atoms with Crippen molar-refractivity contribution in [3.63, 3.8) is 0 Å². The molecule has 1 aliphatic heterocycles. The van der Waals surface area contributed by atoms with Crippen molar-refractivity contribution < 1.29 is 9.53 Å². The SMILES string of the molecule is O=C(c1ccnc2ccccc12)N(CN1CCOCC1)c1ccccc1. The molecule has 1 aromatic heterocycles. The van der Waals surface area contributed by atoms with Crippen LogP contribution in [-0.4, -0.2) is 48.8 Å². The molecule has 4 rings (SSSR count). The Morgan fingerprint density at radius 1 is 1.00 bits per heavy atom. The smallest absolute Gasteiger partial charge is 0.260 e. The highest BCUT2D eigenvalue weighted by atomic mass is 16.5. The molecule has 0 spiro atoms. The van der Waals surface area contributed by atoms with Crippen LogP contribution < -0.4 is 4.90 Å². The standard InChI is InChI=1S/C21H21N3O2/c25-21(19-10-11-22-20-9-5-4-8-18(19)20)24(17-6-2-1-3-7-17)16-23-12-14-26-15-13-23/h1-11H,12-16H2. The normalized spacial score (nSPS) is 15.1. The van der Waals surface area contributed by atoms with Crippen LogP contribution >= 0.6 is 0 Å². The number of fused-ring (bicyclic) bond motifs is 1. The number of aromatic nitrogens is 1. The summed E-state index contributed by atoms with van der Waals surface area (Å²) in [6, 6.07) is 19.4. The number of pyridine rings is 1. The maximum Gasteiger partial charge on any atom is 0.260 e. The first-order chi connectivity index (χ1) is 12.8. The van der Waals surface area contributed by atoms with E-state index in [1.807, 2.05) is 59.5 Å². The third kappa shape index (κ3) is 3.45. The maximum absolute atomic E-state index is 13.5. The molecule has 0 aliphatic carbocycles. The Balaban J connectivity index is 1.71. The minimum Gasteiger partial charge on any atom is -0.379 e. The lowest BCUT2D eigenvalue weighted by Gasteiger charge is -2.33. The Morgan fingerprint density at radius 3 is 2.54 bits per heavy atom. The summed E-state index contributed by atoms with van der Waals surface area (Å²) < 4.78 is 5.44. The van der Waals surface area contributed by atoms with E-state index in [0.29, 0.717) is 25.4 Å². The predicted octanol–water partition coefficient (Wildman–Crippen LogP) is 3.17. The zero-order chi connectivity index (χ0) is 17.8. The maximum atomic E-state index is 13.5. The minimum absolute atomic E-state index is 0.0127. The molecule has 0 N–H and O–H groups in total. The molecule has 5 heteroatoms. The average Bonchev–Trinajstić information content (AvgIpc) is 2.72. The summed E-state index contributed by atoms with van der Waals surface area (Å²) in [5.74, 6) is -0.0127. The van der Waals surface area contributed by atoms with Gasteiger partial charge in [0.25, 0.3) is 5.91 Å². The Labute approximate surface area is 152 Å². The van der Waals surface area contributed by atoms with E-state index in [9.17, 15) is 4.79 Å². The molecular formula is C21H21N3O2. The molecular weight excluding hydrogens is 326 g/mol. The first-order valence-electron chi connectivity index (χ1n) is 8.84. The summed E-state index contributed by atoms with van der Waals surface area (Å²) in [7, 11) is 0. The van der Waals surface area contributed by atoms with Crippen LogP contribution in [0.15, 0.2) is 66.9 Å². The molecule has 26 heavy (non-hydrogen) atoms. The number of ether oxygens (including phenoxy) is 1. The van der Waals surface area contributed by atoms with Crippen LogP contribution in [0.2, 0.25) is 0 Å². The highest BCUT2D eigenvalue weighted by molar-refractivity contribution is 6.13. The first-order valence-corrected chi connectivity index (χ1v) is 8.84. The number of hydrogen-bond donors (Lipinski definition) is 0. The van der Waals surface area contributed by atoms with Gasteiger partial charge < -0.3 is 4.74 Å². The number of rotatable bonds is 4. The molecule has 0 radical (unpaired) electrons. The van der Waals surface area contributed by atoms with Gasteiger partial charge in [-0.3, -0.25) is 19.6 Å². The molecule has 0 saturated carbocycles. The van der Waals surface area contributed by atoms with Crippen LogP contribution in [0.4, 0.5) is 5.69 Å². The number of morpholine rings is 1. The van der Waals surface area contributed by atoms with E-state index in [2.05, 4.69) is 9.88 Å². The molecule has 0 bridgehead atoms. The van der Waals surface area contributed by atoms with Gasteiger partial charge in [-0.15, -0.1) is 0 Å². The fourth-order valence-electron chi connectivity index (χ4n) is 3.24. The summed E-state index contributed by atoms with van der Waals surface area (Å²) in [6.07, 6.45) is 1.70. The van der Waals surface area contributed by atoms with Crippen molar-refractivity contribution in [2.24, 2.45) is 0 Å². The van der Waals surface area contributed by atoms with Gasteiger partial charge in [-0.05, 0) is 24.3 Å². The molecule has 1 amide bonds. The van der Waals surface area contributed by atoms with Crippen molar-refractivity contribution in [2.45, 2.75) is 0 Å². The Morgan fingerprint density at radius 2 is 1.73 bits per heavy atom. The molecule has 1 saturated heterocycles. The summed E-state index contributed by atoms with van der Waals surface area (Å²) in [5, 5.41) is 0.878. The summed E-state index contributed by atoms with van der Waals surface area (Å²) in [5.41, 5.74) is 2.40. The summed E-state index contributed by atoms with van der Waals surface area (Å²) in [4.78, 5) is 21.9. The van der Waals surface area contributed by atoms with Crippen molar-refractivity contribution in [1.82, 2.24) is 9.88 Å². The van der Waals surface area contributed by atoms with Gasteiger partial charge in [0.1, 0.15) is 0 Å². The van der Waals surface area contributed by atoms with Gasteiger partial charge in [-0.2, -0.15) is 0 Å². The molecule has 1 fully saturated rings. The lowest BCUT2D eigenvalue weighted by atomic mass is 10.1. The number of hydrogen-bond acceptors (Lipinski definition) is 4. The van der Waals surface area contributed by atoms with Gasteiger partial charge in [-0.1, -0.05) is 36.4 Å². The number of para-hydroxylation sites is 2. The third-order valence-corrected chi connectivity index (χ3v) is 4.64. The molecule has 3 aromatic rings. The predicted molar refractivity (Wildman–Crippen MR) is 102 cm³/mol. The number of nitrogens with zero attached hydrogens (tertiary/aromatic N) is 3. The largest absolute Gasteiger partial charge is 0.379 e. The van der Waals surface area contributed by atoms with Gasteiger partial charge in [-0.25, -0.2) is 0 Å². The fraction of sp³-hybridized carbons (Fsp3) is 0.238. The molecule has 2 aromatic carbocycles. The molecule has 0 unspecified atom stereocenters. The van der Waals surface area contributed by atoms with E-state index in [-0.39, 0.29) is 5.91 Å². The number of carbonyl (C=O) groups excluding carboxylic acids is 1. The van der Waals surface area contributed by atoms with E-state index in [1.165, 1.54) is 0 Å². The second-order valence-electron chi connectivity index (χ2n) is 6.32. The number of amides is 1. The molecule has 2 heterocycles. The topological polar surface area (TPSA) is 45.7 Å². The van der Waals surface area contributed by atoms with Gasteiger partial charge in [0.05, 0.1) is 31.0 Å². The van der Waals surface area contributed by atoms with E-state index < -0.39 is 0 Å². The fourth-order valence-corrected chi connectivity index (χ4v) is 3.24. The summed E-state index contributed by atoms with van der Waals surface area (Å²) >= 11 is 0. The van der Waals surface area contributed by atoms with E-state index in [4.69, 9.17) is 4.74 Å². The number of benzene rings is 2. The number of anilines is 1. The van der Waals surface area contributed by atoms with Crippen molar-refractivity contribution in [3.8, 4) is 0 Å². The number of carbonyl (C=O) groups is 1. The quantitative estimate of drug-likeness (QED) is 0.727. The molecule has 0 atom stereocenters. The third-order valence-electron chi connectivity index (χ3n) is 4.64. The van der Waals surface area contributed by atoms with Crippen LogP contribution in [-0.2, 0) is 4.74 Å². The van der Waals surface area contributed by atoms with Crippen LogP contribution in [0.25, 0.3) is 10.9 Å². The van der Waals surface area contributed by atoms with Gasteiger partial charge in [0.2, 0.25) is 0 Å². The van der Waals surface area contributed by atoms with Gasteiger partial charge >= 0.3 is 0 Å². The Bertz CT molecular complexity index is 887. The van der Waals surface area contributed by atoms with E-state index >= 15 is 0 Å². The van der Waals surface area contributed by atoms with E-state index in [0.717, 1.165) is 29.7 Å². The zero-order valence-corrected chi connectivity index (χ0v) is 14.5. The Hall–Kier alpha value is -2.76. The highest BCUT2D eigenvalue weighted by Gasteiger charge is 2.23. The molecule has 1 aliphatic rings. The minimum atomic E-state index is -0.0127. The second-order valence-corrected chi connectivity index (χ2v) is 6.32. The zero-order valence-electron chi connectivity index (χ0n) is 14.5. The van der Waals surface area contributed by atoms with Crippen molar-refractivity contribution >= 4 is 22.5 Å². The second kappa shape index (κ2) is 7.64. The Kier molecular flexibility index (Phi) is 4.91. The molecule has 5 nitrogen and oxygen atoms in total. The van der Waals surface area contributed by atoms with Gasteiger partial charge in [0.15, 0.2) is 0 Å². The monoisotopic (exact) mass is 347 g/mol. The highest BCUT2D eigenvalue weighted by Crippen LogP contribution is 2.22. The molecule has 132 valence electrons. The lowest BCUT2D eigenvalue weighted by molar-refractivity contribution is 0.0373. The van der Waals surface area contributed by atoms with Crippen LogP contribution in [0.3, 0.4) is 0 Å². The summed E-state index contributed by atoms with van der Waals surface area (Å²) in [6.45, 7) is 3.61. The van der Waals surface area contributed by atoms with Crippen LogP contribution in [0.1, 0.15) is 10.4 Å². The van der Waals surface area contributed by atoms with Crippen molar-refractivity contribution in [1.29, 1.82) is 0 Å². The van der Waals surface area contributed by atoms with Gasteiger partial charge in [0, 0.05) is 30.4 Å². The van der Waals surface area contributed by atoms with E-state index in [1.54, 1.807) is 12.3 Å².